The van der Waals surface area contributed by atoms with E-state index in [4.69, 9.17) is 18.6 Å². The molecule has 3 aromatic rings. The number of amides is 1. The van der Waals surface area contributed by atoms with E-state index >= 15 is 0 Å². The first kappa shape index (κ1) is 25.2. The summed E-state index contributed by atoms with van der Waals surface area (Å²) >= 11 is 0. The van der Waals surface area contributed by atoms with Crippen LogP contribution in [0.25, 0.3) is 11.0 Å². The Morgan fingerprint density at radius 1 is 1.16 bits per heavy atom. The second kappa shape index (κ2) is 9.46. The maximum Gasteiger partial charge on any atom is 0.360 e. The van der Waals surface area contributed by atoms with Crippen molar-refractivity contribution in [1.82, 2.24) is 0 Å². The van der Waals surface area contributed by atoms with Gasteiger partial charge < -0.3 is 39.5 Å². The van der Waals surface area contributed by atoms with Crippen molar-refractivity contribution in [1.29, 1.82) is 0 Å². The summed E-state index contributed by atoms with van der Waals surface area (Å²) in [5.41, 5.74) is 1.10. The summed E-state index contributed by atoms with van der Waals surface area (Å²) in [7, 11) is 1.43. The highest BCUT2D eigenvalue weighted by Crippen LogP contribution is 2.35. The normalized spacial score (nSPS) is 26.4. The number of ether oxygens (including phenoxy) is 3. The number of aliphatic hydroxyl groups is 2. The molecule has 1 saturated heterocycles. The number of nitrogens with one attached hydrogen (secondary N) is 2. The first-order valence-electron chi connectivity index (χ1n) is 12.0. The lowest BCUT2D eigenvalue weighted by Crippen LogP contribution is -2.63. The summed E-state index contributed by atoms with van der Waals surface area (Å²) in [5, 5.41) is 27.5. The first-order chi connectivity index (χ1) is 17.6. The van der Waals surface area contributed by atoms with E-state index in [2.05, 4.69) is 10.6 Å². The molecule has 1 aromatic heterocycles. The summed E-state index contributed by atoms with van der Waals surface area (Å²) in [6, 6.07) is 12.1. The lowest BCUT2D eigenvalue weighted by atomic mass is 9.89. The monoisotopic (exact) mass is 510 g/mol. The molecule has 196 valence electrons. The number of aliphatic hydroxyl groups excluding tert-OH is 2. The third-order valence-corrected chi connectivity index (χ3v) is 6.99. The molecule has 37 heavy (non-hydrogen) atoms. The van der Waals surface area contributed by atoms with Crippen molar-refractivity contribution < 1.29 is 33.6 Å². The molecule has 0 saturated carbocycles. The number of hydrogen-bond donors (Lipinski definition) is 4. The van der Waals surface area contributed by atoms with E-state index < -0.39 is 41.9 Å². The molecular formula is C27H30N2O8. The van der Waals surface area contributed by atoms with Crippen LogP contribution in [-0.2, 0) is 20.7 Å². The fourth-order valence-electron chi connectivity index (χ4n) is 5.03. The van der Waals surface area contributed by atoms with Gasteiger partial charge in [0, 0.05) is 30.2 Å². The van der Waals surface area contributed by atoms with Gasteiger partial charge in [0.25, 0.3) is 0 Å². The molecule has 3 heterocycles. The Hall–Kier alpha value is -3.44. The highest BCUT2D eigenvalue weighted by molar-refractivity contribution is 5.99. The largest absolute Gasteiger partial charge is 0.462 e. The fourth-order valence-corrected chi connectivity index (χ4v) is 5.03. The van der Waals surface area contributed by atoms with Crippen LogP contribution >= 0.6 is 0 Å². The summed E-state index contributed by atoms with van der Waals surface area (Å²) in [6.45, 7) is 5.16. The zero-order valence-corrected chi connectivity index (χ0v) is 21.0. The Kier molecular flexibility index (Phi) is 6.45. The minimum absolute atomic E-state index is 0.0323. The molecule has 0 aliphatic carbocycles. The van der Waals surface area contributed by atoms with Crippen LogP contribution in [0.2, 0.25) is 0 Å². The predicted octanol–water partition coefficient (Wildman–Crippen LogP) is 2.33. The number of fused-ring (bicyclic) bond motifs is 2. The molecule has 1 fully saturated rings. The van der Waals surface area contributed by atoms with Gasteiger partial charge in [-0.1, -0.05) is 18.2 Å². The Morgan fingerprint density at radius 3 is 2.65 bits per heavy atom. The van der Waals surface area contributed by atoms with Gasteiger partial charge in [-0.15, -0.1) is 0 Å². The average Bonchev–Trinajstić information content (AvgIpc) is 3.30. The van der Waals surface area contributed by atoms with Gasteiger partial charge in [0.05, 0.1) is 5.60 Å². The van der Waals surface area contributed by atoms with E-state index in [9.17, 15) is 19.8 Å². The molecule has 5 rings (SSSR count). The summed E-state index contributed by atoms with van der Waals surface area (Å²) in [6.07, 6.45) is -4.01. The molecule has 2 aromatic carbocycles. The van der Waals surface area contributed by atoms with Gasteiger partial charge >= 0.3 is 5.63 Å². The second-order valence-corrected chi connectivity index (χ2v) is 9.95. The number of rotatable bonds is 5. The van der Waals surface area contributed by atoms with Gasteiger partial charge in [0.1, 0.15) is 41.4 Å². The predicted molar refractivity (Wildman–Crippen MR) is 136 cm³/mol. The number of aryl methyl sites for hydroxylation is 1. The maximum absolute atomic E-state index is 12.8. The molecule has 10 heteroatoms. The Bertz CT molecular complexity index is 1380. The van der Waals surface area contributed by atoms with E-state index in [0.717, 1.165) is 11.3 Å². The average molecular weight is 511 g/mol. The standard InChI is InChI=1S/C27H30N2O8/c1-13-19(35-26-21(31)20(30)23(34-4)27(2,3)37-26)10-9-15-12-18(25(33)36-22(13)15)29-24(32)17-11-14-7-5-6-8-16(14)28-17/h5-10,12,17,20-21,23,26,28,30-31H,11H2,1-4H3,(H,29,32)/t17?,20-,21+,23+,26+/m0/s1. The quantitative estimate of drug-likeness (QED) is 0.381. The van der Waals surface area contributed by atoms with Crippen molar-refractivity contribution in [3.05, 3.63) is 64.0 Å². The van der Waals surface area contributed by atoms with Crippen LogP contribution < -0.4 is 21.0 Å². The van der Waals surface area contributed by atoms with E-state index in [1.165, 1.54) is 7.11 Å². The Balaban J connectivity index is 1.35. The second-order valence-electron chi connectivity index (χ2n) is 9.95. The zero-order chi connectivity index (χ0) is 26.5. The van der Waals surface area contributed by atoms with Crippen molar-refractivity contribution in [3.8, 4) is 5.75 Å². The van der Waals surface area contributed by atoms with E-state index in [0.29, 0.717) is 23.1 Å². The van der Waals surface area contributed by atoms with Gasteiger partial charge in [-0.05, 0) is 50.6 Å². The van der Waals surface area contributed by atoms with Gasteiger partial charge in [-0.3, -0.25) is 4.79 Å². The number of para-hydroxylation sites is 1. The molecule has 4 N–H and O–H groups in total. The van der Waals surface area contributed by atoms with Gasteiger partial charge in [0.2, 0.25) is 12.2 Å². The van der Waals surface area contributed by atoms with Gasteiger partial charge in [0.15, 0.2) is 0 Å². The molecule has 0 bridgehead atoms. The summed E-state index contributed by atoms with van der Waals surface area (Å²) in [5.74, 6) is -0.0261. The van der Waals surface area contributed by atoms with Crippen molar-refractivity contribution in [2.75, 3.05) is 17.7 Å². The van der Waals surface area contributed by atoms with Crippen LogP contribution in [0.4, 0.5) is 11.4 Å². The summed E-state index contributed by atoms with van der Waals surface area (Å²) < 4.78 is 22.7. The molecule has 10 nitrogen and oxygen atoms in total. The molecule has 5 atom stereocenters. The zero-order valence-electron chi connectivity index (χ0n) is 21.0. The number of carbonyl (C=O) groups excluding carboxylic acids is 1. The number of benzene rings is 2. The number of hydrogen-bond acceptors (Lipinski definition) is 9. The van der Waals surface area contributed by atoms with E-state index in [-0.39, 0.29) is 17.2 Å². The molecule has 2 aliphatic rings. The molecular weight excluding hydrogens is 480 g/mol. The van der Waals surface area contributed by atoms with Gasteiger partial charge in [-0.2, -0.15) is 0 Å². The molecule has 1 amide bonds. The van der Waals surface area contributed by atoms with Crippen LogP contribution in [0, 0.1) is 6.92 Å². The van der Waals surface area contributed by atoms with Crippen molar-refractivity contribution in [3.63, 3.8) is 0 Å². The van der Waals surface area contributed by atoms with Crippen molar-refractivity contribution in [2.24, 2.45) is 0 Å². The van der Waals surface area contributed by atoms with Crippen molar-refractivity contribution >= 4 is 28.3 Å². The van der Waals surface area contributed by atoms with Crippen LogP contribution in [0.1, 0.15) is 25.0 Å². The summed E-state index contributed by atoms with van der Waals surface area (Å²) in [4.78, 5) is 25.6. The Labute approximate surface area is 213 Å². The number of carbonyl (C=O) groups is 1. The molecule has 0 radical (unpaired) electrons. The smallest absolute Gasteiger partial charge is 0.360 e. The first-order valence-corrected chi connectivity index (χ1v) is 12.0. The fraction of sp³-hybridized carbons (Fsp3) is 0.407. The maximum atomic E-state index is 12.8. The number of anilines is 2. The lowest BCUT2D eigenvalue weighted by Gasteiger charge is -2.46. The Morgan fingerprint density at radius 2 is 1.92 bits per heavy atom. The van der Waals surface area contributed by atoms with Crippen LogP contribution in [0.5, 0.6) is 5.75 Å². The van der Waals surface area contributed by atoms with Gasteiger partial charge in [-0.25, -0.2) is 4.79 Å². The highest BCUT2D eigenvalue weighted by atomic mass is 16.7. The minimum Gasteiger partial charge on any atom is -0.462 e. The molecule has 1 unspecified atom stereocenters. The third kappa shape index (κ3) is 4.57. The van der Waals surface area contributed by atoms with E-state index in [1.807, 2.05) is 24.3 Å². The minimum atomic E-state index is -1.37. The van der Waals surface area contributed by atoms with Crippen LogP contribution in [0.3, 0.4) is 0 Å². The van der Waals surface area contributed by atoms with Crippen LogP contribution in [0.15, 0.2) is 51.7 Å². The highest BCUT2D eigenvalue weighted by Gasteiger charge is 2.50. The molecule has 0 spiro atoms. The van der Waals surface area contributed by atoms with E-state index in [1.54, 1.807) is 39.0 Å². The number of methoxy groups -OCH3 is 1. The lowest BCUT2D eigenvalue weighted by molar-refractivity contribution is -0.306. The topological polar surface area (TPSA) is 139 Å². The molecule has 2 aliphatic heterocycles. The van der Waals surface area contributed by atoms with Crippen LogP contribution in [-0.4, -0.2) is 59.5 Å². The third-order valence-electron chi connectivity index (χ3n) is 6.99. The SMILES string of the molecule is CO[C@@H]1[C@@H](O)[C@@H](O)[C@H](Oc2ccc3cc(NC(=O)C4Cc5ccccc5N4)c(=O)oc3c2C)OC1(C)C. The van der Waals surface area contributed by atoms with Crippen molar-refractivity contribution in [2.45, 2.75) is 63.4 Å².